The number of nitrogens with two attached hydrogens (primary N) is 1. The summed E-state index contributed by atoms with van der Waals surface area (Å²) in [4.78, 5) is 0. The Morgan fingerprint density at radius 1 is 1.44 bits per heavy atom. The number of hydrogen-bond donors (Lipinski definition) is 2. The first-order chi connectivity index (χ1) is 8.37. The Hall–Kier alpha value is -0.660. The maximum absolute atomic E-state index is 12.4. The Balaban J connectivity index is 2.67. The summed E-state index contributed by atoms with van der Waals surface area (Å²) in [6.45, 7) is 5.86. The highest BCUT2D eigenvalue weighted by molar-refractivity contribution is 7.86. The topological polar surface area (TPSA) is 90.5 Å². The van der Waals surface area contributed by atoms with Crippen molar-refractivity contribution < 1.29 is 8.42 Å². The van der Waals surface area contributed by atoms with Crippen molar-refractivity contribution in [1.29, 1.82) is 5.41 Å². The Kier molecular flexibility index (Phi) is 5.55. The van der Waals surface area contributed by atoms with Gasteiger partial charge in [-0.1, -0.05) is 13.8 Å². The van der Waals surface area contributed by atoms with Crippen molar-refractivity contribution in [2.45, 2.75) is 33.1 Å². The average Bonchev–Trinajstić information content (AvgIpc) is 2.29. The minimum atomic E-state index is -3.38. The molecule has 0 unspecified atom stereocenters. The van der Waals surface area contributed by atoms with Gasteiger partial charge in [0.1, 0.15) is 0 Å². The molecule has 1 heterocycles. The number of piperidine rings is 1. The lowest BCUT2D eigenvalue weighted by Crippen LogP contribution is -2.47. The van der Waals surface area contributed by atoms with Gasteiger partial charge in [0, 0.05) is 32.6 Å². The van der Waals surface area contributed by atoms with Crippen LogP contribution in [0.25, 0.3) is 0 Å². The van der Waals surface area contributed by atoms with E-state index >= 15 is 0 Å². The van der Waals surface area contributed by atoms with Crippen LogP contribution < -0.4 is 5.73 Å². The van der Waals surface area contributed by atoms with E-state index in [1.807, 2.05) is 6.92 Å². The van der Waals surface area contributed by atoms with Crippen LogP contribution in [0.2, 0.25) is 0 Å². The molecule has 3 N–H and O–H groups in total. The van der Waals surface area contributed by atoms with E-state index in [0.29, 0.717) is 32.1 Å². The molecule has 1 aliphatic heterocycles. The quantitative estimate of drug-likeness (QED) is 0.550. The highest BCUT2D eigenvalue weighted by atomic mass is 32.2. The van der Waals surface area contributed by atoms with Gasteiger partial charge >= 0.3 is 0 Å². The van der Waals surface area contributed by atoms with Gasteiger partial charge in [0.2, 0.25) is 0 Å². The summed E-state index contributed by atoms with van der Waals surface area (Å²) in [5, 5.41) is 7.18. The number of nitrogens with zero attached hydrogens (tertiary/aromatic N) is 2. The van der Waals surface area contributed by atoms with Crippen molar-refractivity contribution in [2.24, 2.45) is 11.7 Å². The van der Waals surface area contributed by atoms with Crippen LogP contribution in [0.4, 0.5) is 0 Å². The first-order valence-electron chi connectivity index (χ1n) is 6.46. The Bertz CT molecular complexity index is 375. The fraction of sp³-hybridized carbons (Fsp3) is 0.909. The first-order valence-corrected chi connectivity index (χ1v) is 7.85. The van der Waals surface area contributed by atoms with Crippen LogP contribution >= 0.6 is 0 Å². The van der Waals surface area contributed by atoms with Crippen LogP contribution in [0.1, 0.15) is 33.1 Å². The lowest BCUT2D eigenvalue weighted by atomic mass is 10.0. The van der Waals surface area contributed by atoms with Gasteiger partial charge in [-0.2, -0.15) is 17.0 Å². The van der Waals surface area contributed by atoms with E-state index in [0.717, 1.165) is 12.8 Å². The normalized spacial score (nSPS) is 19.3. The van der Waals surface area contributed by atoms with Crippen LogP contribution in [0.3, 0.4) is 0 Å². The van der Waals surface area contributed by atoms with Crippen LogP contribution in [0.15, 0.2) is 0 Å². The molecule has 1 rings (SSSR count). The Morgan fingerprint density at radius 3 is 2.44 bits per heavy atom. The lowest BCUT2D eigenvalue weighted by Gasteiger charge is -2.33. The Labute approximate surface area is 110 Å². The van der Waals surface area contributed by atoms with E-state index < -0.39 is 10.2 Å². The molecule has 1 aliphatic rings. The summed E-state index contributed by atoms with van der Waals surface area (Å²) in [5.74, 6) is 0.625. The van der Waals surface area contributed by atoms with Crippen LogP contribution in [0.5, 0.6) is 0 Å². The summed E-state index contributed by atoms with van der Waals surface area (Å²) >= 11 is 0. The van der Waals surface area contributed by atoms with E-state index in [-0.39, 0.29) is 12.3 Å². The minimum absolute atomic E-state index is 0.0240. The van der Waals surface area contributed by atoms with E-state index in [2.05, 4.69) is 6.92 Å². The number of rotatable bonds is 6. The summed E-state index contributed by atoms with van der Waals surface area (Å²) in [6.07, 6.45) is 2.13. The van der Waals surface area contributed by atoms with Crippen LogP contribution in [-0.4, -0.2) is 49.0 Å². The van der Waals surface area contributed by atoms with Crippen molar-refractivity contribution >= 4 is 16.0 Å². The second-order valence-electron chi connectivity index (χ2n) is 4.86. The standard InChI is InChI=1S/C11H24N4O2S/c1-3-14(9-6-11(12)13)18(16,17)15-7-4-10(2)5-8-15/h10H,3-9H2,1-2H3,(H3,12,13). The highest BCUT2D eigenvalue weighted by Gasteiger charge is 2.30. The number of nitrogens with one attached hydrogen (secondary N) is 1. The summed E-state index contributed by atoms with van der Waals surface area (Å²) in [6, 6.07) is 0. The fourth-order valence-corrected chi connectivity index (χ4v) is 3.71. The van der Waals surface area contributed by atoms with Crippen LogP contribution in [0, 0.1) is 11.3 Å². The molecule has 1 fully saturated rings. The molecule has 6 nitrogen and oxygen atoms in total. The molecular formula is C11H24N4O2S. The second-order valence-corrected chi connectivity index (χ2v) is 6.78. The predicted octanol–water partition coefficient (Wildman–Crippen LogP) is 0.611. The maximum atomic E-state index is 12.4. The molecule has 0 saturated carbocycles. The number of amidine groups is 1. The summed E-state index contributed by atoms with van der Waals surface area (Å²) in [7, 11) is -3.38. The summed E-state index contributed by atoms with van der Waals surface area (Å²) < 4.78 is 27.7. The monoisotopic (exact) mass is 276 g/mol. The molecule has 7 heteroatoms. The predicted molar refractivity (Wildman–Crippen MR) is 72.7 cm³/mol. The molecule has 0 spiro atoms. The highest BCUT2D eigenvalue weighted by Crippen LogP contribution is 2.20. The van der Waals surface area contributed by atoms with Gasteiger partial charge in [-0.15, -0.1) is 0 Å². The molecule has 1 saturated heterocycles. The van der Waals surface area contributed by atoms with Gasteiger partial charge in [-0.25, -0.2) is 0 Å². The van der Waals surface area contributed by atoms with Gasteiger partial charge < -0.3 is 5.73 Å². The lowest BCUT2D eigenvalue weighted by molar-refractivity contribution is 0.266. The molecular weight excluding hydrogens is 252 g/mol. The van der Waals surface area contributed by atoms with Crippen molar-refractivity contribution in [3.8, 4) is 0 Å². The smallest absolute Gasteiger partial charge is 0.281 e. The van der Waals surface area contributed by atoms with Gasteiger partial charge in [0.15, 0.2) is 0 Å². The minimum Gasteiger partial charge on any atom is -0.388 e. The van der Waals surface area contributed by atoms with E-state index in [9.17, 15) is 8.42 Å². The summed E-state index contributed by atoms with van der Waals surface area (Å²) in [5.41, 5.74) is 5.28. The van der Waals surface area contributed by atoms with E-state index in [4.69, 9.17) is 11.1 Å². The third-order valence-corrected chi connectivity index (χ3v) is 5.49. The third kappa shape index (κ3) is 3.93. The third-order valence-electron chi connectivity index (χ3n) is 3.38. The zero-order chi connectivity index (χ0) is 13.8. The SMILES string of the molecule is CCN(CCC(=N)N)S(=O)(=O)N1CCC(C)CC1. The van der Waals surface area contributed by atoms with E-state index in [1.54, 1.807) is 4.31 Å². The molecule has 0 aromatic heterocycles. The van der Waals surface area contributed by atoms with Gasteiger partial charge in [-0.3, -0.25) is 5.41 Å². The molecule has 0 amide bonds. The zero-order valence-electron chi connectivity index (χ0n) is 11.2. The van der Waals surface area contributed by atoms with E-state index in [1.165, 1.54) is 4.31 Å². The molecule has 0 atom stereocenters. The van der Waals surface area contributed by atoms with Gasteiger partial charge in [-0.05, 0) is 18.8 Å². The molecule has 0 bridgehead atoms. The van der Waals surface area contributed by atoms with Gasteiger partial charge in [0.25, 0.3) is 10.2 Å². The van der Waals surface area contributed by atoms with Crippen molar-refractivity contribution in [3.05, 3.63) is 0 Å². The second kappa shape index (κ2) is 6.49. The van der Waals surface area contributed by atoms with Crippen LogP contribution in [-0.2, 0) is 10.2 Å². The van der Waals surface area contributed by atoms with Crippen molar-refractivity contribution in [1.82, 2.24) is 8.61 Å². The average molecular weight is 276 g/mol. The molecule has 0 aromatic carbocycles. The molecule has 0 radical (unpaired) electrons. The molecule has 18 heavy (non-hydrogen) atoms. The Morgan fingerprint density at radius 2 is 2.00 bits per heavy atom. The van der Waals surface area contributed by atoms with Crippen molar-refractivity contribution in [3.63, 3.8) is 0 Å². The molecule has 0 aliphatic carbocycles. The number of hydrogen-bond acceptors (Lipinski definition) is 3. The zero-order valence-corrected chi connectivity index (χ0v) is 12.0. The molecule has 0 aromatic rings. The molecule has 106 valence electrons. The maximum Gasteiger partial charge on any atom is 0.281 e. The van der Waals surface area contributed by atoms with Gasteiger partial charge in [0.05, 0.1) is 5.84 Å². The first kappa shape index (κ1) is 15.4. The largest absolute Gasteiger partial charge is 0.388 e. The fourth-order valence-electron chi connectivity index (χ4n) is 2.06. The van der Waals surface area contributed by atoms with Crippen molar-refractivity contribution in [2.75, 3.05) is 26.2 Å².